The summed E-state index contributed by atoms with van der Waals surface area (Å²) in [7, 11) is 0. The molecule has 0 spiro atoms. The lowest BCUT2D eigenvalue weighted by atomic mass is 9.82. The Balaban J connectivity index is 1.40. The molecule has 2 aromatic rings. The number of anilines is 1. The first-order valence-electron chi connectivity index (χ1n) is 8.25. The normalized spacial score (nSPS) is 25.7. The van der Waals surface area contributed by atoms with Crippen LogP contribution in [0.25, 0.3) is 11.3 Å². The second-order valence-electron chi connectivity index (χ2n) is 6.65. The van der Waals surface area contributed by atoms with E-state index in [1.807, 2.05) is 6.07 Å². The number of rotatable bonds is 4. The van der Waals surface area contributed by atoms with Crippen LogP contribution in [0.4, 0.5) is 5.69 Å². The van der Waals surface area contributed by atoms with Gasteiger partial charge in [0, 0.05) is 17.9 Å². The first-order chi connectivity index (χ1) is 10.4. The van der Waals surface area contributed by atoms with Crippen LogP contribution < -0.4 is 5.32 Å². The fourth-order valence-corrected chi connectivity index (χ4v) is 3.75. The predicted molar refractivity (Wildman–Crippen MR) is 86.1 cm³/mol. The fraction of sp³-hybridized carbons (Fsp3) is 0.500. The van der Waals surface area contributed by atoms with Crippen LogP contribution in [-0.2, 0) is 0 Å². The zero-order valence-electron chi connectivity index (χ0n) is 12.4. The molecule has 21 heavy (non-hydrogen) atoms. The molecule has 110 valence electrons. The molecule has 2 aliphatic carbocycles. The first kappa shape index (κ1) is 12.9. The van der Waals surface area contributed by atoms with E-state index in [9.17, 15) is 0 Å². The predicted octanol–water partition coefficient (Wildman–Crippen LogP) is 4.46. The molecular weight excluding hydrogens is 258 g/mol. The zero-order chi connectivity index (χ0) is 14.1. The summed E-state index contributed by atoms with van der Waals surface area (Å²) in [4.78, 5) is 0. The molecule has 2 saturated carbocycles. The van der Waals surface area contributed by atoms with Crippen LogP contribution >= 0.6 is 0 Å². The summed E-state index contributed by atoms with van der Waals surface area (Å²) >= 11 is 0. The van der Waals surface area contributed by atoms with Gasteiger partial charge in [0.1, 0.15) is 0 Å². The Morgan fingerprint density at radius 3 is 2.52 bits per heavy atom. The van der Waals surface area contributed by atoms with Gasteiger partial charge in [-0.15, -0.1) is 0 Å². The van der Waals surface area contributed by atoms with E-state index < -0.39 is 0 Å². The largest absolute Gasteiger partial charge is 0.382 e. The van der Waals surface area contributed by atoms with E-state index in [0.717, 1.165) is 17.5 Å². The Bertz CT molecular complexity index is 569. The minimum Gasteiger partial charge on any atom is -0.382 e. The summed E-state index contributed by atoms with van der Waals surface area (Å²) in [6, 6.07) is 11.4. The van der Waals surface area contributed by atoms with Gasteiger partial charge in [-0.1, -0.05) is 25.0 Å². The van der Waals surface area contributed by atoms with Gasteiger partial charge in [0.15, 0.2) is 0 Å². The van der Waals surface area contributed by atoms with Gasteiger partial charge in [0.05, 0.1) is 5.69 Å². The molecule has 3 heteroatoms. The molecule has 0 saturated heterocycles. The standard InChI is InChI=1S/C18H23N3/c1-2-15(13-4-5-13)12-17(3-1)20-16-8-6-14(7-9-16)18-10-11-19-21-18/h6-11,13,15,17,20H,1-5,12H2,(H,19,21). The lowest BCUT2D eigenvalue weighted by molar-refractivity contribution is 0.303. The molecule has 0 amide bonds. The van der Waals surface area contributed by atoms with E-state index in [0.29, 0.717) is 6.04 Å². The third-order valence-corrected chi connectivity index (χ3v) is 5.07. The summed E-state index contributed by atoms with van der Waals surface area (Å²) in [6.07, 6.45) is 10.3. The van der Waals surface area contributed by atoms with Gasteiger partial charge in [-0.2, -0.15) is 5.10 Å². The third kappa shape index (κ3) is 2.97. The zero-order valence-corrected chi connectivity index (χ0v) is 12.4. The molecule has 2 unspecified atom stereocenters. The summed E-state index contributed by atoms with van der Waals surface area (Å²) < 4.78 is 0. The van der Waals surface area contributed by atoms with Crippen molar-refractivity contribution in [3.63, 3.8) is 0 Å². The van der Waals surface area contributed by atoms with Gasteiger partial charge in [-0.3, -0.25) is 5.10 Å². The highest BCUT2D eigenvalue weighted by atomic mass is 15.1. The van der Waals surface area contributed by atoms with Crippen LogP contribution in [0.5, 0.6) is 0 Å². The maximum Gasteiger partial charge on any atom is 0.0650 e. The summed E-state index contributed by atoms with van der Waals surface area (Å²) in [5.41, 5.74) is 3.52. The molecule has 3 nitrogen and oxygen atoms in total. The Labute approximate surface area is 126 Å². The monoisotopic (exact) mass is 281 g/mol. The number of hydrogen-bond donors (Lipinski definition) is 2. The van der Waals surface area contributed by atoms with Gasteiger partial charge >= 0.3 is 0 Å². The fourth-order valence-electron chi connectivity index (χ4n) is 3.75. The summed E-state index contributed by atoms with van der Waals surface area (Å²) in [5.74, 6) is 2.04. The Hall–Kier alpha value is -1.77. The minimum absolute atomic E-state index is 0.669. The summed E-state index contributed by atoms with van der Waals surface area (Å²) in [5, 5.41) is 10.8. The number of H-pyrrole nitrogens is 1. The quantitative estimate of drug-likeness (QED) is 0.868. The smallest absolute Gasteiger partial charge is 0.0650 e. The molecule has 0 radical (unpaired) electrons. The molecule has 0 bridgehead atoms. The maximum atomic E-state index is 4.00. The van der Waals surface area contributed by atoms with Crippen molar-refractivity contribution in [1.82, 2.24) is 10.2 Å². The highest BCUT2D eigenvalue weighted by molar-refractivity contribution is 5.62. The van der Waals surface area contributed by atoms with Crippen molar-refractivity contribution in [2.75, 3.05) is 5.32 Å². The highest BCUT2D eigenvalue weighted by Crippen LogP contribution is 2.44. The molecule has 1 aromatic heterocycles. The topological polar surface area (TPSA) is 40.7 Å². The molecule has 1 aromatic carbocycles. The van der Waals surface area contributed by atoms with Crippen LogP contribution in [0.3, 0.4) is 0 Å². The molecular formula is C18H23N3. The minimum atomic E-state index is 0.669. The van der Waals surface area contributed by atoms with E-state index in [1.165, 1.54) is 49.8 Å². The maximum absolute atomic E-state index is 4.00. The molecule has 2 N–H and O–H groups in total. The molecule has 2 atom stereocenters. The molecule has 2 aliphatic rings. The van der Waals surface area contributed by atoms with Crippen LogP contribution in [0, 0.1) is 11.8 Å². The van der Waals surface area contributed by atoms with Gasteiger partial charge in [-0.05, 0) is 61.3 Å². The number of benzene rings is 1. The number of nitrogens with zero attached hydrogens (tertiary/aromatic N) is 1. The van der Waals surface area contributed by atoms with E-state index in [-0.39, 0.29) is 0 Å². The molecule has 1 heterocycles. The molecule has 2 fully saturated rings. The van der Waals surface area contributed by atoms with E-state index >= 15 is 0 Å². The van der Waals surface area contributed by atoms with Crippen molar-refractivity contribution in [3.8, 4) is 11.3 Å². The second kappa shape index (κ2) is 5.55. The second-order valence-corrected chi connectivity index (χ2v) is 6.65. The number of hydrogen-bond acceptors (Lipinski definition) is 2. The summed E-state index contributed by atoms with van der Waals surface area (Å²) in [6.45, 7) is 0. The van der Waals surface area contributed by atoms with Crippen molar-refractivity contribution < 1.29 is 0 Å². The van der Waals surface area contributed by atoms with Crippen molar-refractivity contribution in [3.05, 3.63) is 36.5 Å². The van der Waals surface area contributed by atoms with Crippen molar-refractivity contribution in [1.29, 1.82) is 0 Å². The van der Waals surface area contributed by atoms with Crippen LogP contribution in [0.15, 0.2) is 36.5 Å². The van der Waals surface area contributed by atoms with Gasteiger partial charge < -0.3 is 5.32 Å². The van der Waals surface area contributed by atoms with Gasteiger partial charge in [0.2, 0.25) is 0 Å². The molecule has 0 aliphatic heterocycles. The van der Waals surface area contributed by atoms with E-state index in [4.69, 9.17) is 0 Å². The Kier molecular flexibility index (Phi) is 3.42. The first-order valence-corrected chi connectivity index (χ1v) is 8.25. The van der Waals surface area contributed by atoms with Crippen molar-refractivity contribution >= 4 is 5.69 Å². The van der Waals surface area contributed by atoms with Crippen LogP contribution in [0.2, 0.25) is 0 Å². The number of aromatic amines is 1. The average molecular weight is 281 g/mol. The lowest BCUT2D eigenvalue weighted by Gasteiger charge is -2.30. The SMILES string of the molecule is c1cc(-c2ccc(NC3CCCC(C4CC4)C3)cc2)[nH]n1. The number of nitrogens with one attached hydrogen (secondary N) is 2. The third-order valence-electron chi connectivity index (χ3n) is 5.07. The van der Waals surface area contributed by atoms with Gasteiger partial charge in [0.25, 0.3) is 0 Å². The Morgan fingerprint density at radius 2 is 1.81 bits per heavy atom. The van der Waals surface area contributed by atoms with Crippen molar-refractivity contribution in [2.45, 2.75) is 44.6 Å². The van der Waals surface area contributed by atoms with Gasteiger partial charge in [-0.25, -0.2) is 0 Å². The van der Waals surface area contributed by atoms with Crippen molar-refractivity contribution in [2.24, 2.45) is 11.8 Å². The number of aromatic nitrogens is 2. The van der Waals surface area contributed by atoms with Crippen LogP contribution in [0.1, 0.15) is 38.5 Å². The highest BCUT2D eigenvalue weighted by Gasteiger charge is 2.34. The average Bonchev–Trinajstić information content (AvgIpc) is 3.24. The van der Waals surface area contributed by atoms with Crippen LogP contribution in [-0.4, -0.2) is 16.2 Å². The van der Waals surface area contributed by atoms with E-state index in [2.05, 4.69) is 39.8 Å². The van der Waals surface area contributed by atoms with E-state index in [1.54, 1.807) is 6.20 Å². The Morgan fingerprint density at radius 1 is 0.952 bits per heavy atom. The molecule has 4 rings (SSSR count). The lowest BCUT2D eigenvalue weighted by Crippen LogP contribution is -2.28.